The summed E-state index contributed by atoms with van der Waals surface area (Å²) in [4.78, 5) is 13.6. The zero-order valence-corrected chi connectivity index (χ0v) is 9.01. The predicted octanol–water partition coefficient (Wildman–Crippen LogP) is 1.16. The maximum Gasteiger partial charge on any atom is 0.246 e. The second-order valence-electron chi connectivity index (χ2n) is 3.94. The molecule has 1 amide bonds. The van der Waals surface area contributed by atoms with Crippen molar-refractivity contribution in [2.24, 2.45) is 0 Å². The predicted molar refractivity (Wildman–Crippen MR) is 58.1 cm³/mol. The number of rotatable bonds is 5. The standard InChI is InChI=1S/C11H20N2O/c1-10(2)11(14)12-6-5-9-13-7-3-4-8-13/h1,3-9H2,2H3,(H,12,14). The van der Waals surface area contributed by atoms with Crippen molar-refractivity contribution in [2.45, 2.75) is 26.2 Å². The van der Waals surface area contributed by atoms with Gasteiger partial charge in [-0.1, -0.05) is 6.58 Å². The number of hydrogen-bond acceptors (Lipinski definition) is 2. The van der Waals surface area contributed by atoms with Crippen molar-refractivity contribution in [3.05, 3.63) is 12.2 Å². The van der Waals surface area contributed by atoms with Crippen LogP contribution < -0.4 is 5.32 Å². The van der Waals surface area contributed by atoms with E-state index < -0.39 is 0 Å². The third-order valence-corrected chi connectivity index (χ3v) is 2.52. The Morgan fingerprint density at radius 2 is 2.07 bits per heavy atom. The van der Waals surface area contributed by atoms with E-state index in [0.717, 1.165) is 19.5 Å². The first-order chi connectivity index (χ1) is 6.70. The highest BCUT2D eigenvalue weighted by Crippen LogP contribution is 2.06. The highest BCUT2D eigenvalue weighted by Gasteiger charge is 2.10. The molecule has 0 atom stereocenters. The lowest BCUT2D eigenvalue weighted by Crippen LogP contribution is -2.28. The van der Waals surface area contributed by atoms with E-state index in [1.165, 1.54) is 25.9 Å². The van der Waals surface area contributed by atoms with E-state index >= 15 is 0 Å². The summed E-state index contributed by atoms with van der Waals surface area (Å²) in [5.74, 6) is -0.0218. The van der Waals surface area contributed by atoms with Gasteiger partial charge in [0.15, 0.2) is 0 Å². The first kappa shape index (κ1) is 11.2. The van der Waals surface area contributed by atoms with Crippen LogP contribution in [-0.2, 0) is 4.79 Å². The topological polar surface area (TPSA) is 32.3 Å². The van der Waals surface area contributed by atoms with Crippen LogP contribution in [0.1, 0.15) is 26.2 Å². The zero-order valence-electron chi connectivity index (χ0n) is 9.01. The first-order valence-electron chi connectivity index (χ1n) is 5.36. The second-order valence-corrected chi connectivity index (χ2v) is 3.94. The van der Waals surface area contributed by atoms with Crippen LogP contribution in [-0.4, -0.2) is 37.0 Å². The molecule has 3 heteroatoms. The Morgan fingerprint density at radius 1 is 1.43 bits per heavy atom. The monoisotopic (exact) mass is 196 g/mol. The Balaban J connectivity index is 1.98. The molecule has 0 aliphatic carbocycles. The van der Waals surface area contributed by atoms with Crippen molar-refractivity contribution in [3.8, 4) is 0 Å². The molecule has 1 N–H and O–H groups in total. The maximum absolute atomic E-state index is 11.1. The van der Waals surface area contributed by atoms with Gasteiger partial charge in [0.05, 0.1) is 0 Å². The van der Waals surface area contributed by atoms with E-state index in [9.17, 15) is 4.79 Å². The smallest absolute Gasteiger partial charge is 0.246 e. The highest BCUT2D eigenvalue weighted by molar-refractivity contribution is 5.91. The number of carbonyl (C=O) groups excluding carboxylic acids is 1. The van der Waals surface area contributed by atoms with Gasteiger partial charge in [-0.25, -0.2) is 0 Å². The van der Waals surface area contributed by atoms with E-state index in [1.807, 2.05) is 0 Å². The minimum Gasteiger partial charge on any atom is -0.352 e. The zero-order chi connectivity index (χ0) is 10.4. The van der Waals surface area contributed by atoms with E-state index in [2.05, 4.69) is 16.8 Å². The molecule has 1 heterocycles. The lowest BCUT2D eigenvalue weighted by atomic mass is 10.3. The molecule has 0 unspecified atom stereocenters. The number of likely N-dealkylation sites (tertiary alicyclic amines) is 1. The minimum atomic E-state index is -0.0218. The molecule has 80 valence electrons. The number of nitrogens with one attached hydrogen (secondary N) is 1. The molecule has 1 aliphatic heterocycles. The van der Waals surface area contributed by atoms with Gasteiger partial charge in [0, 0.05) is 12.1 Å². The van der Waals surface area contributed by atoms with Gasteiger partial charge in [0.2, 0.25) is 5.91 Å². The van der Waals surface area contributed by atoms with Crippen molar-refractivity contribution >= 4 is 5.91 Å². The van der Waals surface area contributed by atoms with Crippen molar-refractivity contribution in [3.63, 3.8) is 0 Å². The van der Waals surface area contributed by atoms with Crippen LogP contribution in [0.4, 0.5) is 0 Å². The number of hydrogen-bond donors (Lipinski definition) is 1. The quantitative estimate of drug-likeness (QED) is 0.529. The Kier molecular flexibility index (Phi) is 4.66. The van der Waals surface area contributed by atoms with E-state index in [4.69, 9.17) is 0 Å². The molecule has 0 spiro atoms. The summed E-state index contributed by atoms with van der Waals surface area (Å²) < 4.78 is 0. The second kappa shape index (κ2) is 5.81. The van der Waals surface area contributed by atoms with Crippen LogP contribution in [0.25, 0.3) is 0 Å². The van der Waals surface area contributed by atoms with Crippen molar-refractivity contribution in [2.75, 3.05) is 26.2 Å². The van der Waals surface area contributed by atoms with Crippen molar-refractivity contribution < 1.29 is 4.79 Å². The number of amides is 1. The summed E-state index contributed by atoms with van der Waals surface area (Å²) in [7, 11) is 0. The molecule has 3 nitrogen and oxygen atoms in total. The number of nitrogens with zero attached hydrogens (tertiary/aromatic N) is 1. The van der Waals surface area contributed by atoms with E-state index in [-0.39, 0.29) is 5.91 Å². The molecular formula is C11H20N2O. The highest BCUT2D eigenvalue weighted by atomic mass is 16.1. The van der Waals surface area contributed by atoms with Crippen LogP contribution in [0.3, 0.4) is 0 Å². The van der Waals surface area contributed by atoms with Gasteiger partial charge in [-0.2, -0.15) is 0 Å². The lowest BCUT2D eigenvalue weighted by Gasteiger charge is -2.14. The Morgan fingerprint density at radius 3 is 2.64 bits per heavy atom. The first-order valence-corrected chi connectivity index (χ1v) is 5.36. The molecule has 1 saturated heterocycles. The summed E-state index contributed by atoms with van der Waals surface area (Å²) in [5.41, 5.74) is 0.589. The normalized spacial score (nSPS) is 16.9. The van der Waals surface area contributed by atoms with Gasteiger partial charge in [0.1, 0.15) is 0 Å². The van der Waals surface area contributed by atoms with Crippen LogP contribution in [0, 0.1) is 0 Å². The molecule has 1 rings (SSSR count). The van der Waals surface area contributed by atoms with Crippen LogP contribution >= 0.6 is 0 Å². The van der Waals surface area contributed by atoms with Gasteiger partial charge in [-0.05, 0) is 45.8 Å². The fourth-order valence-electron chi connectivity index (χ4n) is 1.66. The third-order valence-electron chi connectivity index (χ3n) is 2.52. The van der Waals surface area contributed by atoms with Crippen LogP contribution in [0.15, 0.2) is 12.2 Å². The average Bonchev–Trinajstić information content (AvgIpc) is 2.64. The third kappa shape index (κ3) is 3.92. The average molecular weight is 196 g/mol. The summed E-state index contributed by atoms with van der Waals surface area (Å²) >= 11 is 0. The molecule has 0 aromatic carbocycles. The molecule has 14 heavy (non-hydrogen) atoms. The molecule has 1 aliphatic rings. The van der Waals surface area contributed by atoms with Gasteiger partial charge in [-0.15, -0.1) is 0 Å². The largest absolute Gasteiger partial charge is 0.352 e. The van der Waals surface area contributed by atoms with Crippen LogP contribution in [0.5, 0.6) is 0 Å². The fourth-order valence-corrected chi connectivity index (χ4v) is 1.66. The van der Waals surface area contributed by atoms with E-state index in [1.54, 1.807) is 6.92 Å². The Labute approximate surface area is 86.2 Å². The molecule has 1 fully saturated rings. The summed E-state index contributed by atoms with van der Waals surface area (Å²) in [5, 5.41) is 2.84. The Bertz CT molecular complexity index is 207. The SMILES string of the molecule is C=C(C)C(=O)NCCCN1CCCC1. The van der Waals surface area contributed by atoms with Gasteiger partial charge in [-0.3, -0.25) is 4.79 Å². The van der Waals surface area contributed by atoms with Crippen molar-refractivity contribution in [1.29, 1.82) is 0 Å². The number of carbonyl (C=O) groups is 1. The fraction of sp³-hybridized carbons (Fsp3) is 0.727. The van der Waals surface area contributed by atoms with E-state index in [0.29, 0.717) is 5.57 Å². The summed E-state index contributed by atoms with van der Waals surface area (Å²) in [6.45, 7) is 9.66. The molecule has 0 saturated carbocycles. The van der Waals surface area contributed by atoms with Gasteiger partial charge >= 0.3 is 0 Å². The summed E-state index contributed by atoms with van der Waals surface area (Å²) in [6, 6.07) is 0. The minimum absolute atomic E-state index is 0.0218. The molecule has 0 bridgehead atoms. The molecule has 0 aromatic heterocycles. The molecule has 0 aromatic rings. The maximum atomic E-state index is 11.1. The lowest BCUT2D eigenvalue weighted by molar-refractivity contribution is -0.117. The molecule has 0 radical (unpaired) electrons. The van der Waals surface area contributed by atoms with Gasteiger partial charge in [0.25, 0.3) is 0 Å². The molecular weight excluding hydrogens is 176 g/mol. The summed E-state index contributed by atoms with van der Waals surface area (Å²) in [6.07, 6.45) is 3.70. The van der Waals surface area contributed by atoms with Crippen molar-refractivity contribution in [1.82, 2.24) is 10.2 Å². The van der Waals surface area contributed by atoms with Crippen LogP contribution in [0.2, 0.25) is 0 Å². The Hall–Kier alpha value is -0.830. The van der Waals surface area contributed by atoms with Gasteiger partial charge < -0.3 is 10.2 Å².